The summed E-state index contributed by atoms with van der Waals surface area (Å²) < 4.78 is 30.8. The molecule has 0 atom stereocenters. The molecule has 10 rings (SSSR count). The molecule has 0 N–H and O–H groups in total. The molecule has 3 aromatic heterocycles. The molecule has 1 radical (unpaired) electrons. The molecule has 5 heteroatoms. The normalized spacial score (nSPS) is 13.9. The fourth-order valence-electron chi connectivity index (χ4n) is 8.83. The second kappa shape index (κ2) is 19.0. The summed E-state index contributed by atoms with van der Waals surface area (Å²) in [5.41, 5.74) is 14.3. The number of para-hydroxylation sites is 3. The van der Waals surface area contributed by atoms with Gasteiger partial charge in [0.2, 0.25) is 0 Å². The summed E-state index contributed by atoms with van der Waals surface area (Å²) in [5, 5.41) is 0.956. The predicted octanol–water partition coefficient (Wildman–Crippen LogP) is 15.7. The second-order valence-electron chi connectivity index (χ2n) is 16.8. The first kappa shape index (κ1) is 39.0. The van der Waals surface area contributed by atoms with Crippen LogP contribution in [-0.4, -0.2) is 14.5 Å². The molecular weight excluding hydrogens is 935 g/mol. The fraction of sp³-hybridized carbons (Fsp3) is 0.228. The van der Waals surface area contributed by atoms with E-state index < -0.39 is 6.85 Å². The van der Waals surface area contributed by atoms with Gasteiger partial charge in [0.05, 0.1) is 28.2 Å². The third-order valence-corrected chi connectivity index (χ3v) is 12.0. The van der Waals surface area contributed by atoms with Crippen molar-refractivity contribution < 1.29 is 28.6 Å². The number of fused-ring (bicyclic) bond motifs is 2. The number of benzene rings is 6. The standard InChI is InChI=1S/C45H43N2O.C12H10N.Ir/c1-29(2)37-18-13-19-38(30(3)4)43(37)47-41-21-12-11-20-40(41)46-45(47)36-26-35-28-42(34-16-9-6-10-17-34)48-44(35)39(27-36)33-24-22-32(23-25-33)31-14-7-5-8-15-31;1-10-7-8-12(13-9-10)11-5-3-2-4-6-11;/h6,9-13,16-25,27-31H,5,7-8,14-15H2,1-4H3;2-5,7-9H,1H3;/q2*-1;/i;1D3;. The Kier molecular flexibility index (Phi) is 12.0. The van der Waals surface area contributed by atoms with Gasteiger partial charge >= 0.3 is 0 Å². The van der Waals surface area contributed by atoms with E-state index in [0.717, 1.165) is 67.1 Å². The van der Waals surface area contributed by atoms with Crippen molar-refractivity contribution in [1.29, 1.82) is 0 Å². The van der Waals surface area contributed by atoms with E-state index in [2.05, 4.69) is 153 Å². The maximum absolute atomic E-state index is 7.23. The molecule has 6 aromatic carbocycles. The monoisotopic (exact) mass is 991 g/mol. The van der Waals surface area contributed by atoms with Gasteiger partial charge in [-0.3, -0.25) is 4.98 Å². The van der Waals surface area contributed by atoms with E-state index in [4.69, 9.17) is 13.5 Å². The van der Waals surface area contributed by atoms with E-state index in [9.17, 15) is 0 Å². The molecule has 1 fully saturated rings. The predicted molar refractivity (Wildman–Crippen MR) is 253 cm³/mol. The van der Waals surface area contributed by atoms with E-state index in [-0.39, 0.29) is 25.7 Å². The zero-order valence-electron chi connectivity index (χ0n) is 38.8. The van der Waals surface area contributed by atoms with Gasteiger partial charge in [-0.25, -0.2) is 0 Å². The number of hydrogen-bond acceptors (Lipinski definition) is 3. The van der Waals surface area contributed by atoms with Crippen molar-refractivity contribution in [3.05, 3.63) is 186 Å². The summed E-state index contributed by atoms with van der Waals surface area (Å²) in [6.07, 6.45) is 8.00. The van der Waals surface area contributed by atoms with Crippen molar-refractivity contribution in [2.75, 3.05) is 0 Å². The van der Waals surface area contributed by atoms with Crippen molar-refractivity contribution in [3.8, 4) is 50.8 Å². The van der Waals surface area contributed by atoms with Crippen molar-refractivity contribution in [3.63, 3.8) is 0 Å². The molecule has 0 saturated heterocycles. The van der Waals surface area contributed by atoms with Crippen LogP contribution in [0.2, 0.25) is 0 Å². The van der Waals surface area contributed by atoms with Crippen LogP contribution < -0.4 is 0 Å². The third kappa shape index (κ3) is 8.89. The smallest absolute Gasteiger partial charge is 0.0914 e. The van der Waals surface area contributed by atoms with Gasteiger partial charge in [0.1, 0.15) is 0 Å². The minimum Gasteiger partial charge on any atom is -0.499 e. The Labute approximate surface area is 384 Å². The molecule has 313 valence electrons. The summed E-state index contributed by atoms with van der Waals surface area (Å²) in [6, 6.07) is 56.9. The Morgan fingerprint density at radius 2 is 1.44 bits per heavy atom. The second-order valence-corrected chi connectivity index (χ2v) is 16.8. The molecule has 62 heavy (non-hydrogen) atoms. The van der Waals surface area contributed by atoms with Crippen molar-refractivity contribution >= 4 is 22.0 Å². The van der Waals surface area contributed by atoms with E-state index in [0.29, 0.717) is 17.8 Å². The van der Waals surface area contributed by atoms with Crippen LogP contribution in [0.15, 0.2) is 156 Å². The molecule has 0 amide bonds. The van der Waals surface area contributed by atoms with Crippen molar-refractivity contribution in [2.24, 2.45) is 0 Å². The quantitative estimate of drug-likeness (QED) is 0.143. The molecule has 0 unspecified atom stereocenters. The molecule has 4 nitrogen and oxygen atoms in total. The van der Waals surface area contributed by atoms with Crippen molar-refractivity contribution in [1.82, 2.24) is 14.5 Å². The van der Waals surface area contributed by atoms with Gasteiger partial charge in [-0.05, 0) is 88.7 Å². The number of rotatable bonds is 8. The molecule has 1 saturated carbocycles. The van der Waals surface area contributed by atoms with Crippen LogP contribution >= 0.6 is 0 Å². The molecule has 9 aromatic rings. The van der Waals surface area contributed by atoms with Gasteiger partial charge in [-0.2, -0.15) is 0 Å². The molecular formula is C57H53IrN3O-2. The Hall–Kier alpha value is -5.87. The third-order valence-electron chi connectivity index (χ3n) is 12.0. The summed E-state index contributed by atoms with van der Waals surface area (Å²) in [5.74, 6) is 3.10. The van der Waals surface area contributed by atoms with E-state index in [1.54, 1.807) is 18.2 Å². The number of nitrogens with zero attached hydrogens (tertiary/aromatic N) is 3. The van der Waals surface area contributed by atoms with Crippen LogP contribution in [0.3, 0.4) is 0 Å². The first-order valence-corrected chi connectivity index (χ1v) is 21.7. The SMILES string of the molecule is CC(C)c1cccc(C(C)C)c1-n1c(-c2[c-]c3cc(-c4ccccc4)oc3c(-c3ccc(C4CCCCC4)cc3)c2)nc2ccccc21.[2H]C([2H])([2H])c1ccc(-c2[c-]cccc2)nc1.[Ir]. The first-order chi connectivity index (χ1) is 31.0. The summed E-state index contributed by atoms with van der Waals surface area (Å²) in [6.45, 7) is 7.04. The largest absolute Gasteiger partial charge is 0.499 e. The first-order valence-electron chi connectivity index (χ1n) is 23.2. The van der Waals surface area contributed by atoms with Crippen LogP contribution in [0, 0.1) is 19.0 Å². The maximum Gasteiger partial charge on any atom is 0.0914 e. The molecule has 0 aliphatic heterocycles. The number of pyridine rings is 1. The van der Waals surface area contributed by atoms with Gasteiger partial charge in [-0.1, -0.05) is 161 Å². The molecule has 1 aliphatic rings. The number of aryl methyl sites for hydroxylation is 1. The number of furan rings is 1. The van der Waals surface area contributed by atoms with Crippen LogP contribution in [0.25, 0.3) is 72.8 Å². The Balaban J connectivity index is 0.000000287. The zero-order chi connectivity index (χ0) is 44.4. The van der Waals surface area contributed by atoms with Crippen LogP contribution in [0.5, 0.6) is 0 Å². The topological polar surface area (TPSA) is 43.9 Å². The maximum atomic E-state index is 7.23. The Bertz CT molecular complexity index is 2980. The average Bonchev–Trinajstić information content (AvgIpc) is 3.94. The van der Waals surface area contributed by atoms with Gasteiger partial charge in [0.25, 0.3) is 0 Å². The molecule has 3 heterocycles. The van der Waals surface area contributed by atoms with E-state index in [1.807, 2.05) is 24.3 Å². The van der Waals surface area contributed by atoms with Crippen molar-refractivity contribution in [2.45, 2.75) is 84.4 Å². The minimum absolute atomic E-state index is 0. The Morgan fingerprint density at radius 3 is 2.11 bits per heavy atom. The summed E-state index contributed by atoms with van der Waals surface area (Å²) in [4.78, 5) is 9.47. The van der Waals surface area contributed by atoms with Crippen LogP contribution in [0.1, 0.15) is 104 Å². The molecule has 0 spiro atoms. The van der Waals surface area contributed by atoms with Gasteiger partial charge in [-0.15, -0.1) is 48.0 Å². The number of imidazole rings is 1. The van der Waals surface area contributed by atoms with Gasteiger partial charge in [0, 0.05) is 41.7 Å². The molecule has 0 bridgehead atoms. The molecule has 1 aliphatic carbocycles. The van der Waals surface area contributed by atoms with E-state index >= 15 is 0 Å². The van der Waals surface area contributed by atoms with Gasteiger partial charge < -0.3 is 14.0 Å². The average molecular weight is 991 g/mol. The fourth-order valence-corrected chi connectivity index (χ4v) is 8.83. The Morgan fingerprint density at radius 1 is 0.710 bits per heavy atom. The number of hydrogen-bond donors (Lipinski definition) is 0. The zero-order valence-corrected chi connectivity index (χ0v) is 38.2. The summed E-state index contributed by atoms with van der Waals surface area (Å²) in [7, 11) is 0. The van der Waals surface area contributed by atoms with Crippen LogP contribution in [-0.2, 0) is 20.1 Å². The van der Waals surface area contributed by atoms with E-state index in [1.165, 1.54) is 60.7 Å². The minimum atomic E-state index is -2.09. The van der Waals surface area contributed by atoms with Gasteiger partial charge in [0.15, 0.2) is 0 Å². The van der Waals surface area contributed by atoms with Crippen LogP contribution in [0.4, 0.5) is 0 Å². The summed E-state index contributed by atoms with van der Waals surface area (Å²) >= 11 is 0. The number of aromatic nitrogens is 3.